The third-order valence-electron chi connectivity index (χ3n) is 3.15. The van der Waals surface area contributed by atoms with Crippen LogP contribution in [0.3, 0.4) is 0 Å². The van der Waals surface area contributed by atoms with Gasteiger partial charge in [-0.15, -0.1) is 0 Å². The predicted octanol–water partition coefficient (Wildman–Crippen LogP) is 1.99. The Hall–Kier alpha value is -2.89. The molecular formula is C14H12N4O2. The van der Waals surface area contributed by atoms with Gasteiger partial charge in [-0.05, 0) is 12.5 Å². The molecule has 0 atom stereocenters. The number of nitrogens with two attached hydrogens (primary N) is 1. The van der Waals surface area contributed by atoms with Gasteiger partial charge >= 0.3 is 5.97 Å². The molecule has 3 rings (SSSR count). The lowest BCUT2D eigenvalue weighted by atomic mass is 10.1. The van der Waals surface area contributed by atoms with Gasteiger partial charge in [0.1, 0.15) is 11.4 Å². The second-order valence-electron chi connectivity index (χ2n) is 4.42. The highest BCUT2D eigenvalue weighted by atomic mass is 16.4. The van der Waals surface area contributed by atoms with Crippen molar-refractivity contribution >= 4 is 17.4 Å². The first-order valence-electron chi connectivity index (χ1n) is 6.02. The maximum Gasteiger partial charge on any atom is 0.341 e. The first-order chi connectivity index (χ1) is 9.59. The van der Waals surface area contributed by atoms with E-state index in [2.05, 4.69) is 10.1 Å². The van der Waals surface area contributed by atoms with Crippen molar-refractivity contribution in [2.45, 2.75) is 6.92 Å². The van der Waals surface area contributed by atoms with Gasteiger partial charge in [0.25, 0.3) is 0 Å². The second kappa shape index (κ2) is 4.34. The molecule has 0 spiro atoms. The van der Waals surface area contributed by atoms with E-state index in [1.165, 1.54) is 10.7 Å². The molecule has 2 heterocycles. The van der Waals surface area contributed by atoms with Crippen LogP contribution in [0.1, 0.15) is 16.1 Å². The normalized spacial score (nSPS) is 10.8. The number of aromatic carboxylic acids is 1. The molecule has 0 amide bonds. The third kappa shape index (κ3) is 1.70. The molecule has 0 unspecified atom stereocenters. The summed E-state index contributed by atoms with van der Waals surface area (Å²) in [5.41, 5.74) is 8.93. The Morgan fingerprint density at radius 1 is 1.30 bits per heavy atom. The molecule has 1 aromatic carbocycles. The van der Waals surface area contributed by atoms with E-state index in [4.69, 9.17) is 10.8 Å². The molecule has 0 aliphatic rings. The Morgan fingerprint density at radius 3 is 2.65 bits per heavy atom. The summed E-state index contributed by atoms with van der Waals surface area (Å²) in [4.78, 5) is 15.3. The number of hydrogen-bond donors (Lipinski definition) is 2. The Morgan fingerprint density at radius 2 is 2.00 bits per heavy atom. The van der Waals surface area contributed by atoms with Crippen molar-refractivity contribution in [2.75, 3.05) is 5.73 Å². The molecule has 0 fully saturated rings. The van der Waals surface area contributed by atoms with Crippen molar-refractivity contribution in [2.24, 2.45) is 0 Å². The standard InChI is InChI=1S/C14H12N4O2/c1-8-11(9-5-3-2-4-6-9)13-16-7-10(14(19)20)12(15)18(13)17-8/h2-7H,15H2,1H3,(H,19,20). The van der Waals surface area contributed by atoms with Crippen molar-refractivity contribution in [3.05, 3.63) is 47.8 Å². The number of carboxylic acids is 1. The highest BCUT2D eigenvalue weighted by Gasteiger charge is 2.18. The molecule has 6 nitrogen and oxygen atoms in total. The largest absolute Gasteiger partial charge is 0.477 e. The molecule has 0 radical (unpaired) electrons. The molecule has 3 aromatic rings. The number of anilines is 1. The van der Waals surface area contributed by atoms with Crippen LogP contribution >= 0.6 is 0 Å². The number of rotatable bonds is 2. The smallest absolute Gasteiger partial charge is 0.341 e. The summed E-state index contributed by atoms with van der Waals surface area (Å²) in [6.07, 6.45) is 1.26. The van der Waals surface area contributed by atoms with Gasteiger partial charge in [-0.25, -0.2) is 9.78 Å². The number of benzene rings is 1. The molecule has 0 aliphatic carbocycles. The first kappa shape index (κ1) is 12.2. The van der Waals surface area contributed by atoms with E-state index in [1.54, 1.807) is 0 Å². The molecule has 20 heavy (non-hydrogen) atoms. The maximum atomic E-state index is 11.1. The number of aryl methyl sites for hydroxylation is 1. The first-order valence-corrected chi connectivity index (χ1v) is 6.02. The zero-order valence-corrected chi connectivity index (χ0v) is 10.7. The van der Waals surface area contributed by atoms with Crippen molar-refractivity contribution in [1.29, 1.82) is 0 Å². The number of aromatic nitrogens is 3. The Balaban J connectivity index is 2.34. The number of fused-ring (bicyclic) bond motifs is 1. The zero-order valence-electron chi connectivity index (χ0n) is 10.7. The summed E-state index contributed by atoms with van der Waals surface area (Å²) in [5, 5.41) is 13.4. The van der Waals surface area contributed by atoms with Crippen LogP contribution in [-0.2, 0) is 0 Å². The molecule has 2 aromatic heterocycles. The van der Waals surface area contributed by atoms with E-state index in [1.807, 2.05) is 37.3 Å². The van der Waals surface area contributed by atoms with E-state index in [0.717, 1.165) is 16.8 Å². The summed E-state index contributed by atoms with van der Waals surface area (Å²) in [7, 11) is 0. The van der Waals surface area contributed by atoms with E-state index in [9.17, 15) is 4.79 Å². The molecule has 6 heteroatoms. The topological polar surface area (TPSA) is 93.5 Å². The summed E-state index contributed by atoms with van der Waals surface area (Å²) in [6, 6.07) is 9.68. The van der Waals surface area contributed by atoms with Crippen LogP contribution in [0.4, 0.5) is 5.82 Å². The second-order valence-corrected chi connectivity index (χ2v) is 4.42. The number of nitrogens with zero attached hydrogens (tertiary/aromatic N) is 3. The van der Waals surface area contributed by atoms with Crippen molar-refractivity contribution in [3.8, 4) is 11.1 Å². The van der Waals surface area contributed by atoms with E-state index < -0.39 is 5.97 Å². The fraction of sp³-hybridized carbons (Fsp3) is 0.0714. The van der Waals surface area contributed by atoms with E-state index >= 15 is 0 Å². The highest BCUT2D eigenvalue weighted by molar-refractivity contribution is 5.93. The van der Waals surface area contributed by atoms with Crippen LogP contribution in [-0.4, -0.2) is 25.7 Å². The number of nitrogen functional groups attached to an aromatic ring is 1. The predicted molar refractivity (Wildman–Crippen MR) is 74.5 cm³/mol. The fourth-order valence-electron chi connectivity index (χ4n) is 2.22. The molecule has 0 aliphatic heterocycles. The molecule has 3 N–H and O–H groups in total. The summed E-state index contributed by atoms with van der Waals surface area (Å²) in [5.74, 6) is -1.04. The Kier molecular flexibility index (Phi) is 2.64. The van der Waals surface area contributed by atoms with Crippen LogP contribution in [0.5, 0.6) is 0 Å². The van der Waals surface area contributed by atoms with Gasteiger partial charge in [0.15, 0.2) is 5.65 Å². The minimum absolute atomic E-state index is 0.0559. The van der Waals surface area contributed by atoms with Gasteiger partial charge in [-0.2, -0.15) is 9.61 Å². The maximum absolute atomic E-state index is 11.1. The van der Waals surface area contributed by atoms with Crippen molar-refractivity contribution < 1.29 is 9.90 Å². The summed E-state index contributed by atoms with van der Waals surface area (Å²) >= 11 is 0. The van der Waals surface area contributed by atoms with Gasteiger partial charge < -0.3 is 10.8 Å². The SMILES string of the molecule is Cc1nn2c(N)c(C(=O)O)cnc2c1-c1ccccc1. The highest BCUT2D eigenvalue weighted by Crippen LogP contribution is 2.28. The number of carbonyl (C=O) groups is 1. The molecule has 0 saturated carbocycles. The zero-order chi connectivity index (χ0) is 14.3. The van der Waals surface area contributed by atoms with Gasteiger partial charge in [-0.1, -0.05) is 30.3 Å². The van der Waals surface area contributed by atoms with Crippen LogP contribution in [0.15, 0.2) is 36.5 Å². The number of hydrogen-bond acceptors (Lipinski definition) is 4. The molecular weight excluding hydrogens is 256 g/mol. The number of carboxylic acid groups (broad SMARTS) is 1. The lowest BCUT2D eigenvalue weighted by Gasteiger charge is -2.03. The van der Waals surface area contributed by atoms with Crippen LogP contribution in [0.25, 0.3) is 16.8 Å². The fourth-order valence-corrected chi connectivity index (χ4v) is 2.22. The van der Waals surface area contributed by atoms with Crippen LogP contribution in [0, 0.1) is 6.92 Å². The lowest BCUT2D eigenvalue weighted by molar-refractivity contribution is 0.0697. The van der Waals surface area contributed by atoms with Gasteiger partial charge in [0, 0.05) is 11.8 Å². The van der Waals surface area contributed by atoms with Gasteiger partial charge in [0.2, 0.25) is 0 Å². The minimum atomic E-state index is -1.12. The Labute approximate surface area is 114 Å². The summed E-state index contributed by atoms with van der Waals surface area (Å²) < 4.78 is 1.38. The monoisotopic (exact) mass is 268 g/mol. The van der Waals surface area contributed by atoms with E-state index in [-0.39, 0.29) is 11.4 Å². The average molecular weight is 268 g/mol. The van der Waals surface area contributed by atoms with Crippen LogP contribution in [0.2, 0.25) is 0 Å². The molecule has 0 saturated heterocycles. The lowest BCUT2D eigenvalue weighted by Crippen LogP contribution is -2.09. The Bertz CT molecular complexity index is 809. The quantitative estimate of drug-likeness (QED) is 0.741. The third-order valence-corrected chi connectivity index (χ3v) is 3.15. The van der Waals surface area contributed by atoms with Crippen molar-refractivity contribution in [3.63, 3.8) is 0 Å². The minimum Gasteiger partial charge on any atom is -0.477 e. The average Bonchev–Trinajstić information content (AvgIpc) is 2.77. The van der Waals surface area contributed by atoms with E-state index in [0.29, 0.717) is 5.65 Å². The van der Waals surface area contributed by atoms with Crippen molar-refractivity contribution in [1.82, 2.24) is 14.6 Å². The molecule has 100 valence electrons. The summed E-state index contributed by atoms with van der Waals surface area (Å²) in [6.45, 7) is 1.84. The van der Waals surface area contributed by atoms with Crippen LogP contribution < -0.4 is 5.73 Å². The molecule has 0 bridgehead atoms. The van der Waals surface area contributed by atoms with Gasteiger partial charge in [-0.3, -0.25) is 0 Å². The van der Waals surface area contributed by atoms with Gasteiger partial charge in [0.05, 0.1) is 5.69 Å².